The Hall–Kier alpha value is -1.19. The van der Waals surface area contributed by atoms with Gasteiger partial charge in [-0.1, -0.05) is 17.7 Å². The highest BCUT2D eigenvalue weighted by Gasteiger charge is 2.13. The number of hydrogen-bond donors (Lipinski definition) is 2. The lowest BCUT2D eigenvalue weighted by Gasteiger charge is -2.15. The Morgan fingerprint density at radius 2 is 2.19 bits per heavy atom. The molecule has 1 rings (SSSR count). The molecular formula is C12H18ClNO2. The lowest BCUT2D eigenvalue weighted by Crippen LogP contribution is -2.10. The van der Waals surface area contributed by atoms with Crippen LogP contribution in [0.4, 0.5) is 0 Å². The predicted octanol–water partition coefficient (Wildman–Crippen LogP) is 2.79. The van der Waals surface area contributed by atoms with Crippen LogP contribution in [-0.2, 0) is 0 Å². The zero-order chi connectivity index (χ0) is 11.4. The number of nitrogens with two attached hydrogens (primary N) is 1. The molecule has 0 unspecified atom stereocenters. The minimum absolute atomic E-state index is 0. The molecule has 0 radical (unpaired) electrons. The van der Waals surface area contributed by atoms with Gasteiger partial charge in [0.05, 0.1) is 7.11 Å². The number of ether oxygens (including phenoxy) is 1. The molecule has 0 amide bonds. The van der Waals surface area contributed by atoms with Crippen molar-refractivity contribution in [3.05, 3.63) is 35.9 Å². The van der Waals surface area contributed by atoms with Crippen LogP contribution in [-0.4, -0.2) is 12.2 Å². The molecule has 3 nitrogen and oxygen atoms in total. The number of para-hydroxylation sites is 1. The maximum atomic E-state index is 9.84. The summed E-state index contributed by atoms with van der Waals surface area (Å²) in [5.41, 5.74) is 7.63. The van der Waals surface area contributed by atoms with E-state index < -0.39 is 0 Å². The lowest BCUT2D eigenvalue weighted by molar-refractivity contribution is 0.368. The summed E-state index contributed by atoms with van der Waals surface area (Å²) in [6.45, 7) is 5.71. The normalized spacial score (nSPS) is 11.4. The summed E-state index contributed by atoms with van der Waals surface area (Å²) in [7, 11) is 1.52. The summed E-state index contributed by atoms with van der Waals surface area (Å²) in [5, 5.41) is 9.84. The lowest BCUT2D eigenvalue weighted by atomic mass is 10.00. The Morgan fingerprint density at radius 3 is 2.69 bits per heavy atom. The smallest absolute Gasteiger partial charge is 0.162 e. The molecule has 1 atom stereocenters. The van der Waals surface area contributed by atoms with E-state index in [9.17, 15) is 5.11 Å². The van der Waals surface area contributed by atoms with Crippen molar-refractivity contribution in [3.8, 4) is 11.5 Å². The zero-order valence-corrected chi connectivity index (χ0v) is 10.4. The first-order chi connectivity index (χ1) is 7.06. The van der Waals surface area contributed by atoms with Gasteiger partial charge in [-0.2, -0.15) is 0 Å². The Labute approximate surface area is 102 Å². The molecular weight excluding hydrogens is 226 g/mol. The predicted molar refractivity (Wildman–Crippen MR) is 68.3 cm³/mol. The van der Waals surface area contributed by atoms with Crippen LogP contribution in [0.5, 0.6) is 11.5 Å². The van der Waals surface area contributed by atoms with Gasteiger partial charge in [0, 0.05) is 11.6 Å². The molecule has 0 spiro atoms. The van der Waals surface area contributed by atoms with Crippen molar-refractivity contribution in [2.24, 2.45) is 5.73 Å². The summed E-state index contributed by atoms with van der Waals surface area (Å²) < 4.78 is 5.01. The molecule has 16 heavy (non-hydrogen) atoms. The minimum atomic E-state index is -0.238. The molecule has 0 saturated carbocycles. The van der Waals surface area contributed by atoms with Crippen molar-refractivity contribution in [1.82, 2.24) is 0 Å². The van der Waals surface area contributed by atoms with Gasteiger partial charge in [-0.15, -0.1) is 19.0 Å². The van der Waals surface area contributed by atoms with Crippen LogP contribution in [0.25, 0.3) is 0 Å². The van der Waals surface area contributed by atoms with Crippen LogP contribution >= 0.6 is 12.4 Å². The number of aromatic hydroxyl groups is 1. The third-order valence-corrected chi connectivity index (χ3v) is 2.22. The highest BCUT2D eigenvalue weighted by molar-refractivity contribution is 5.85. The van der Waals surface area contributed by atoms with E-state index in [0.717, 1.165) is 5.57 Å². The SMILES string of the molecule is C=C(C)C[C@@H](N)c1cccc(OC)c1O.Cl. The van der Waals surface area contributed by atoms with Crippen molar-refractivity contribution in [1.29, 1.82) is 0 Å². The van der Waals surface area contributed by atoms with Gasteiger partial charge in [-0.25, -0.2) is 0 Å². The number of benzene rings is 1. The summed E-state index contributed by atoms with van der Waals surface area (Å²) in [6.07, 6.45) is 0.653. The molecule has 0 bridgehead atoms. The first-order valence-corrected chi connectivity index (χ1v) is 4.82. The first-order valence-electron chi connectivity index (χ1n) is 4.82. The fourth-order valence-electron chi connectivity index (χ4n) is 1.49. The molecule has 4 heteroatoms. The van der Waals surface area contributed by atoms with Crippen molar-refractivity contribution >= 4 is 12.4 Å². The van der Waals surface area contributed by atoms with E-state index in [-0.39, 0.29) is 24.2 Å². The van der Waals surface area contributed by atoms with E-state index in [1.807, 2.05) is 13.0 Å². The molecule has 0 aliphatic carbocycles. The molecule has 0 aromatic heterocycles. The zero-order valence-electron chi connectivity index (χ0n) is 9.56. The molecule has 0 saturated heterocycles. The monoisotopic (exact) mass is 243 g/mol. The van der Waals surface area contributed by atoms with Gasteiger partial charge in [0.2, 0.25) is 0 Å². The second kappa shape index (κ2) is 6.40. The van der Waals surface area contributed by atoms with Gasteiger partial charge in [-0.3, -0.25) is 0 Å². The van der Waals surface area contributed by atoms with Crippen LogP contribution in [0.3, 0.4) is 0 Å². The molecule has 0 aliphatic heterocycles. The molecule has 90 valence electrons. The van der Waals surface area contributed by atoms with Crippen LogP contribution in [0.15, 0.2) is 30.4 Å². The molecule has 1 aromatic rings. The number of rotatable bonds is 4. The van der Waals surface area contributed by atoms with Crippen LogP contribution < -0.4 is 10.5 Å². The second-order valence-corrected chi connectivity index (χ2v) is 3.67. The fraction of sp³-hybridized carbons (Fsp3) is 0.333. The Balaban J connectivity index is 0.00000225. The quantitative estimate of drug-likeness (QED) is 0.800. The highest BCUT2D eigenvalue weighted by Crippen LogP contribution is 2.34. The van der Waals surface area contributed by atoms with E-state index in [1.54, 1.807) is 12.1 Å². The van der Waals surface area contributed by atoms with E-state index in [2.05, 4.69) is 6.58 Å². The van der Waals surface area contributed by atoms with Gasteiger partial charge in [0.1, 0.15) is 0 Å². The minimum Gasteiger partial charge on any atom is -0.504 e. The summed E-state index contributed by atoms with van der Waals surface area (Å²) >= 11 is 0. The highest BCUT2D eigenvalue weighted by atomic mass is 35.5. The second-order valence-electron chi connectivity index (χ2n) is 3.67. The summed E-state index contributed by atoms with van der Waals surface area (Å²) in [6, 6.07) is 5.07. The number of methoxy groups -OCH3 is 1. The molecule has 0 aliphatic rings. The van der Waals surface area contributed by atoms with Gasteiger partial charge in [0.15, 0.2) is 11.5 Å². The van der Waals surface area contributed by atoms with Crippen LogP contribution in [0, 0.1) is 0 Å². The molecule has 0 heterocycles. The Morgan fingerprint density at radius 1 is 1.56 bits per heavy atom. The number of phenolic OH excluding ortho intramolecular Hbond substituents is 1. The van der Waals surface area contributed by atoms with Crippen molar-refractivity contribution in [2.45, 2.75) is 19.4 Å². The number of hydrogen-bond acceptors (Lipinski definition) is 3. The van der Waals surface area contributed by atoms with Crippen LogP contribution in [0.1, 0.15) is 24.9 Å². The van der Waals surface area contributed by atoms with Crippen molar-refractivity contribution in [2.75, 3.05) is 7.11 Å². The van der Waals surface area contributed by atoms with Crippen molar-refractivity contribution in [3.63, 3.8) is 0 Å². The Kier molecular flexibility index (Phi) is 5.93. The standard InChI is InChI=1S/C12H17NO2.ClH/c1-8(2)7-10(13)9-5-4-6-11(15-3)12(9)14;/h4-6,10,14H,1,7,13H2,2-3H3;1H/t10-;/m1./s1. The largest absolute Gasteiger partial charge is 0.504 e. The van der Waals surface area contributed by atoms with Gasteiger partial charge < -0.3 is 15.6 Å². The fourth-order valence-corrected chi connectivity index (χ4v) is 1.49. The average molecular weight is 244 g/mol. The third-order valence-electron chi connectivity index (χ3n) is 2.22. The van der Waals surface area contributed by atoms with Crippen molar-refractivity contribution < 1.29 is 9.84 Å². The maximum absolute atomic E-state index is 9.84. The van der Waals surface area contributed by atoms with E-state index >= 15 is 0 Å². The van der Waals surface area contributed by atoms with Gasteiger partial charge >= 0.3 is 0 Å². The third kappa shape index (κ3) is 3.43. The van der Waals surface area contributed by atoms with E-state index in [4.69, 9.17) is 10.5 Å². The number of halogens is 1. The maximum Gasteiger partial charge on any atom is 0.162 e. The average Bonchev–Trinajstić information content (AvgIpc) is 2.17. The van der Waals surface area contributed by atoms with Crippen LogP contribution in [0.2, 0.25) is 0 Å². The topological polar surface area (TPSA) is 55.5 Å². The first kappa shape index (κ1) is 14.8. The molecule has 3 N–H and O–H groups in total. The summed E-state index contributed by atoms with van der Waals surface area (Å²) in [4.78, 5) is 0. The number of phenols is 1. The van der Waals surface area contributed by atoms with Gasteiger partial charge in [-0.05, 0) is 19.4 Å². The van der Waals surface area contributed by atoms with E-state index in [0.29, 0.717) is 17.7 Å². The van der Waals surface area contributed by atoms with E-state index in [1.165, 1.54) is 7.11 Å². The van der Waals surface area contributed by atoms with Gasteiger partial charge in [0.25, 0.3) is 0 Å². The molecule has 1 aromatic carbocycles. The summed E-state index contributed by atoms with van der Waals surface area (Å²) in [5.74, 6) is 0.568. The Bertz CT molecular complexity index is 366. The molecule has 0 fully saturated rings.